The number of benzene rings is 1. The molecule has 0 spiro atoms. The first-order valence-corrected chi connectivity index (χ1v) is 9.61. The van der Waals surface area contributed by atoms with Gasteiger partial charge in [-0.05, 0) is 64.0 Å². The number of anilines is 1. The predicted molar refractivity (Wildman–Crippen MR) is 102 cm³/mol. The first kappa shape index (κ1) is 18.1. The zero-order chi connectivity index (χ0) is 18.2. The molecule has 0 saturated carbocycles. The van der Waals surface area contributed by atoms with Crippen LogP contribution < -0.4 is 5.32 Å². The Kier molecular flexibility index (Phi) is 4.99. The highest BCUT2D eigenvalue weighted by Crippen LogP contribution is 2.38. The average molecular weight is 344 g/mol. The van der Waals surface area contributed by atoms with Gasteiger partial charge in [-0.25, -0.2) is 4.79 Å². The summed E-state index contributed by atoms with van der Waals surface area (Å²) in [5.74, 6) is 0.502. The zero-order valence-corrected chi connectivity index (χ0v) is 16.2. The molecule has 2 atom stereocenters. The van der Waals surface area contributed by atoms with Crippen LogP contribution in [0.2, 0.25) is 0 Å². The molecule has 2 fully saturated rings. The van der Waals surface area contributed by atoms with Crippen LogP contribution in [0.1, 0.15) is 71.8 Å². The molecular formula is C21H32N2O2. The normalized spacial score (nSPS) is 26.0. The summed E-state index contributed by atoms with van der Waals surface area (Å²) in [6.45, 7) is 10.3. The molecule has 1 N–H and O–H groups in total. The van der Waals surface area contributed by atoms with E-state index in [0.29, 0.717) is 24.0 Å². The van der Waals surface area contributed by atoms with Crippen LogP contribution in [0.5, 0.6) is 0 Å². The molecule has 2 heterocycles. The van der Waals surface area contributed by atoms with Gasteiger partial charge in [0.05, 0.1) is 0 Å². The molecule has 3 rings (SSSR count). The Hall–Kier alpha value is -1.71. The SMILES string of the molecule is CC(C)c1ccccc1NC1CC2CCC(C1)N2C(=O)OC(C)(C)C. The molecule has 1 amide bonds. The second-order valence-electron chi connectivity index (χ2n) is 8.83. The maximum atomic E-state index is 12.6. The van der Waals surface area contributed by atoms with E-state index in [2.05, 4.69) is 43.4 Å². The van der Waals surface area contributed by atoms with Gasteiger partial charge < -0.3 is 15.0 Å². The maximum Gasteiger partial charge on any atom is 0.410 e. The van der Waals surface area contributed by atoms with Crippen LogP contribution in [0, 0.1) is 0 Å². The van der Waals surface area contributed by atoms with E-state index in [1.54, 1.807) is 0 Å². The summed E-state index contributed by atoms with van der Waals surface area (Å²) in [4.78, 5) is 14.6. The molecule has 2 bridgehead atoms. The highest BCUT2D eigenvalue weighted by molar-refractivity contribution is 5.70. The highest BCUT2D eigenvalue weighted by Gasteiger charge is 2.44. The molecule has 2 saturated heterocycles. The Morgan fingerprint density at radius 3 is 2.32 bits per heavy atom. The average Bonchev–Trinajstić information content (AvgIpc) is 2.78. The van der Waals surface area contributed by atoms with Crippen molar-refractivity contribution in [3.63, 3.8) is 0 Å². The lowest BCUT2D eigenvalue weighted by molar-refractivity contribution is 0.00683. The Morgan fingerprint density at radius 2 is 1.76 bits per heavy atom. The summed E-state index contributed by atoms with van der Waals surface area (Å²) in [5, 5.41) is 3.76. The van der Waals surface area contributed by atoms with Crippen LogP contribution in [0.4, 0.5) is 10.5 Å². The summed E-state index contributed by atoms with van der Waals surface area (Å²) < 4.78 is 5.63. The van der Waals surface area contributed by atoms with Crippen LogP contribution in [0.25, 0.3) is 0 Å². The zero-order valence-electron chi connectivity index (χ0n) is 16.2. The van der Waals surface area contributed by atoms with Gasteiger partial charge in [0.25, 0.3) is 0 Å². The second kappa shape index (κ2) is 6.89. The third-order valence-corrected chi connectivity index (χ3v) is 5.28. The van der Waals surface area contributed by atoms with E-state index < -0.39 is 5.60 Å². The molecule has 1 aromatic rings. The van der Waals surface area contributed by atoms with Crippen LogP contribution in [0.15, 0.2) is 24.3 Å². The van der Waals surface area contributed by atoms with Gasteiger partial charge in [-0.2, -0.15) is 0 Å². The third-order valence-electron chi connectivity index (χ3n) is 5.28. The van der Waals surface area contributed by atoms with Gasteiger partial charge in [0.2, 0.25) is 0 Å². The minimum atomic E-state index is -0.429. The monoisotopic (exact) mass is 344 g/mol. The molecule has 25 heavy (non-hydrogen) atoms. The van der Waals surface area contributed by atoms with E-state index in [-0.39, 0.29) is 6.09 Å². The molecule has 2 aliphatic rings. The van der Waals surface area contributed by atoms with Gasteiger partial charge >= 0.3 is 6.09 Å². The van der Waals surface area contributed by atoms with Crippen molar-refractivity contribution in [1.82, 2.24) is 4.90 Å². The summed E-state index contributed by atoms with van der Waals surface area (Å²) in [7, 11) is 0. The van der Waals surface area contributed by atoms with Crippen molar-refractivity contribution in [2.75, 3.05) is 5.32 Å². The number of hydrogen-bond donors (Lipinski definition) is 1. The Bertz CT molecular complexity index is 607. The fourth-order valence-corrected chi connectivity index (χ4v) is 4.26. The molecular weight excluding hydrogens is 312 g/mol. The standard InChI is InChI=1S/C21H32N2O2/c1-14(2)18-8-6-7-9-19(18)22-15-12-16-10-11-17(13-15)23(16)20(24)25-21(3,4)5/h6-9,14-17,22H,10-13H2,1-5H3. The highest BCUT2D eigenvalue weighted by atomic mass is 16.6. The van der Waals surface area contributed by atoms with Crippen molar-refractivity contribution in [2.45, 2.75) is 89.9 Å². The number of para-hydroxylation sites is 1. The quantitative estimate of drug-likeness (QED) is 0.824. The van der Waals surface area contributed by atoms with Crippen LogP contribution in [-0.4, -0.2) is 34.7 Å². The number of hydrogen-bond acceptors (Lipinski definition) is 3. The lowest BCUT2D eigenvalue weighted by Crippen LogP contribution is -2.51. The number of ether oxygens (including phenoxy) is 1. The molecule has 0 aromatic heterocycles. The van der Waals surface area contributed by atoms with Gasteiger partial charge in [0.15, 0.2) is 0 Å². The van der Waals surface area contributed by atoms with E-state index in [4.69, 9.17) is 4.74 Å². The van der Waals surface area contributed by atoms with Gasteiger partial charge in [0, 0.05) is 23.8 Å². The van der Waals surface area contributed by atoms with Gasteiger partial charge in [-0.3, -0.25) is 0 Å². The smallest absolute Gasteiger partial charge is 0.410 e. The summed E-state index contributed by atoms with van der Waals surface area (Å²) >= 11 is 0. The minimum Gasteiger partial charge on any atom is -0.444 e. The topological polar surface area (TPSA) is 41.6 Å². The van der Waals surface area contributed by atoms with Crippen LogP contribution in [0.3, 0.4) is 0 Å². The lowest BCUT2D eigenvalue weighted by Gasteiger charge is -2.40. The lowest BCUT2D eigenvalue weighted by atomic mass is 9.95. The molecule has 4 nitrogen and oxygen atoms in total. The predicted octanol–water partition coefficient (Wildman–Crippen LogP) is 5.15. The third kappa shape index (κ3) is 4.10. The number of rotatable bonds is 3. The number of fused-ring (bicyclic) bond motifs is 2. The molecule has 0 aliphatic carbocycles. The molecule has 4 heteroatoms. The van der Waals surface area contributed by atoms with Gasteiger partial charge in [-0.15, -0.1) is 0 Å². The molecule has 1 aromatic carbocycles. The summed E-state index contributed by atoms with van der Waals surface area (Å²) in [5.41, 5.74) is 2.18. The van der Waals surface area contributed by atoms with E-state index in [9.17, 15) is 4.79 Å². The van der Waals surface area contributed by atoms with E-state index >= 15 is 0 Å². The van der Waals surface area contributed by atoms with Crippen molar-refractivity contribution in [1.29, 1.82) is 0 Å². The van der Waals surface area contributed by atoms with Crippen molar-refractivity contribution in [3.05, 3.63) is 29.8 Å². The van der Waals surface area contributed by atoms with Crippen molar-refractivity contribution < 1.29 is 9.53 Å². The van der Waals surface area contributed by atoms with Crippen LogP contribution in [-0.2, 0) is 4.74 Å². The van der Waals surface area contributed by atoms with Crippen molar-refractivity contribution >= 4 is 11.8 Å². The fourth-order valence-electron chi connectivity index (χ4n) is 4.26. The Morgan fingerprint density at radius 1 is 1.16 bits per heavy atom. The molecule has 0 radical (unpaired) electrons. The van der Waals surface area contributed by atoms with Crippen molar-refractivity contribution in [2.24, 2.45) is 0 Å². The number of piperidine rings is 1. The van der Waals surface area contributed by atoms with E-state index in [1.165, 1.54) is 11.3 Å². The number of carbonyl (C=O) groups is 1. The summed E-state index contributed by atoms with van der Waals surface area (Å²) in [6.07, 6.45) is 4.05. The first-order valence-electron chi connectivity index (χ1n) is 9.61. The van der Waals surface area contributed by atoms with Gasteiger partial charge in [-0.1, -0.05) is 32.0 Å². The van der Waals surface area contributed by atoms with Crippen LogP contribution >= 0.6 is 0 Å². The fraction of sp³-hybridized carbons (Fsp3) is 0.667. The largest absolute Gasteiger partial charge is 0.444 e. The van der Waals surface area contributed by atoms with E-state index in [1.807, 2.05) is 25.7 Å². The summed E-state index contributed by atoms with van der Waals surface area (Å²) in [6, 6.07) is 9.62. The number of nitrogens with zero attached hydrogens (tertiary/aromatic N) is 1. The van der Waals surface area contributed by atoms with E-state index in [0.717, 1.165) is 25.7 Å². The van der Waals surface area contributed by atoms with Crippen molar-refractivity contribution in [3.8, 4) is 0 Å². The number of carbonyl (C=O) groups excluding carboxylic acids is 1. The second-order valence-corrected chi connectivity index (χ2v) is 8.83. The maximum absolute atomic E-state index is 12.6. The number of amides is 1. The molecule has 2 unspecified atom stereocenters. The molecule has 138 valence electrons. The Labute approximate surface area is 151 Å². The van der Waals surface area contributed by atoms with Gasteiger partial charge in [0.1, 0.15) is 5.60 Å². The number of nitrogens with one attached hydrogen (secondary N) is 1. The minimum absolute atomic E-state index is 0.138. The molecule has 2 aliphatic heterocycles. The Balaban J connectivity index is 1.67. The first-order chi connectivity index (χ1) is 11.7.